The molecule has 1 radical (unpaired) electrons. The molecular formula is C24H20NO5. The summed E-state index contributed by atoms with van der Waals surface area (Å²) < 4.78 is 10.4. The Morgan fingerprint density at radius 1 is 0.767 bits per heavy atom. The van der Waals surface area contributed by atoms with E-state index < -0.39 is 17.5 Å². The summed E-state index contributed by atoms with van der Waals surface area (Å²) in [6.45, 7) is 0.111. The average molecular weight is 402 g/mol. The van der Waals surface area contributed by atoms with Gasteiger partial charge in [0.25, 0.3) is 0 Å². The second-order valence-electron chi connectivity index (χ2n) is 6.61. The zero-order valence-corrected chi connectivity index (χ0v) is 16.1. The van der Waals surface area contributed by atoms with Crippen LogP contribution in [0.4, 0.5) is 0 Å². The lowest BCUT2D eigenvalue weighted by Gasteiger charge is -2.21. The third-order valence-corrected chi connectivity index (χ3v) is 4.48. The maximum Gasteiger partial charge on any atom is 0.339 e. The molecule has 0 amide bonds. The normalized spacial score (nSPS) is 12.4. The summed E-state index contributed by atoms with van der Waals surface area (Å²) in [4.78, 5) is 36.2. The van der Waals surface area contributed by atoms with Gasteiger partial charge in [0.15, 0.2) is 0 Å². The Hall–Kier alpha value is -3.77. The average Bonchev–Trinajstić information content (AvgIpc) is 2.81. The van der Waals surface area contributed by atoms with Crippen LogP contribution < -0.4 is 5.73 Å². The molecule has 30 heavy (non-hydrogen) atoms. The van der Waals surface area contributed by atoms with Crippen LogP contribution in [0.25, 0.3) is 0 Å². The van der Waals surface area contributed by atoms with E-state index >= 15 is 0 Å². The molecule has 151 valence electrons. The molecular weight excluding hydrogens is 382 g/mol. The van der Waals surface area contributed by atoms with Crippen LogP contribution in [0, 0.1) is 0 Å². The van der Waals surface area contributed by atoms with Crippen LogP contribution in [-0.2, 0) is 37.8 Å². The standard InChI is InChI=1S/C24H20NO5/c25-24(17-26,23(28)30-16-19-9-5-2-6-10-19)21-13-11-20(12-14-21)22(27)29-15-18-7-3-1-4-8-18/h1-14H,15-16,25H2. The summed E-state index contributed by atoms with van der Waals surface area (Å²) in [5.41, 5.74) is 5.92. The van der Waals surface area contributed by atoms with Crippen LogP contribution in [0.3, 0.4) is 0 Å². The van der Waals surface area contributed by atoms with Gasteiger partial charge >= 0.3 is 11.9 Å². The van der Waals surface area contributed by atoms with Crippen LogP contribution in [0.5, 0.6) is 0 Å². The summed E-state index contributed by atoms with van der Waals surface area (Å²) in [5, 5.41) is 0. The summed E-state index contributed by atoms with van der Waals surface area (Å²) in [5.74, 6) is -1.46. The number of carbonyl (C=O) groups is 2. The van der Waals surface area contributed by atoms with Gasteiger partial charge in [0.05, 0.1) is 5.56 Å². The molecule has 1 unspecified atom stereocenters. The van der Waals surface area contributed by atoms with Crippen molar-refractivity contribution >= 4 is 18.2 Å². The predicted octanol–water partition coefficient (Wildman–Crippen LogP) is 3.05. The summed E-state index contributed by atoms with van der Waals surface area (Å²) in [6.07, 6.45) is 1.56. The van der Waals surface area contributed by atoms with Gasteiger partial charge in [-0.3, -0.25) is 4.79 Å². The quantitative estimate of drug-likeness (QED) is 0.460. The zero-order valence-electron chi connectivity index (χ0n) is 16.1. The van der Waals surface area contributed by atoms with Crippen molar-refractivity contribution in [3.05, 3.63) is 107 Å². The first-order valence-electron chi connectivity index (χ1n) is 9.24. The van der Waals surface area contributed by atoms with Gasteiger partial charge in [-0.25, -0.2) is 9.59 Å². The minimum Gasteiger partial charge on any atom is -0.459 e. The Bertz CT molecular complexity index is 1000. The van der Waals surface area contributed by atoms with E-state index in [1.54, 1.807) is 30.6 Å². The lowest BCUT2D eigenvalue weighted by Crippen LogP contribution is -2.47. The number of benzene rings is 3. The van der Waals surface area contributed by atoms with Crippen molar-refractivity contribution in [2.45, 2.75) is 18.8 Å². The maximum atomic E-state index is 12.4. The van der Waals surface area contributed by atoms with E-state index in [0.29, 0.717) is 0 Å². The fourth-order valence-electron chi connectivity index (χ4n) is 2.73. The number of hydrogen-bond donors (Lipinski definition) is 1. The Kier molecular flexibility index (Phi) is 6.72. The Labute approximate surface area is 174 Å². The second-order valence-corrected chi connectivity index (χ2v) is 6.61. The molecule has 6 heteroatoms. The van der Waals surface area contributed by atoms with Gasteiger partial charge < -0.3 is 15.2 Å². The first-order valence-corrected chi connectivity index (χ1v) is 9.24. The molecule has 0 aliphatic carbocycles. The van der Waals surface area contributed by atoms with Gasteiger partial charge in [-0.1, -0.05) is 72.8 Å². The van der Waals surface area contributed by atoms with Crippen molar-refractivity contribution in [2.24, 2.45) is 5.73 Å². The molecule has 0 fully saturated rings. The Morgan fingerprint density at radius 3 is 1.77 bits per heavy atom. The summed E-state index contributed by atoms with van der Waals surface area (Å²) >= 11 is 0. The van der Waals surface area contributed by atoms with Crippen LogP contribution in [-0.4, -0.2) is 18.2 Å². The topological polar surface area (TPSA) is 95.7 Å². The number of esters is 2. The molecule has 0 aliphatic rings. The molecule has 0 aliphatic heterocycles. The maximum absolute atomic E-state index is 12.4. The number of rotatable bonds is 8. The van der Waals surface area contributed by atoms with E-state index in [9.17, 15) is 14.4 Å². The van der Waals surface area contributed by atoms with Crippen LogP contribution in [0.1, 0.15) is 27.0 Å². The first-order chi connectivity index (χ1) is 14.5. The summed E-state index contributed by atoms with van der Waals surface area (Å²) in [6, 6.07) is 24.0. The van der Waals surface area contributed by atoms with E-state index in [-0.39, 0.29) is 24.3 Å². The molecule has 0 spiro atoms. The molecule has 0 saturated carbocycles. The molecule has 6 nitrogen and oxygen atoms in total. The summed E-state index contributed by atoms with van der Waals surface area (Å²) in [7, 11) is 0. The number of carbonyl (C=O) groups excluding carboxylic acids is 3. The van der Waals surface area contributed by atoms with Gasteiger partial charge in [0, 0.05) is 0 Å². The molecule has 1 atom stereocenters. The molecule has 0 saturated heterocycles. The molecule has 0 heterocycles. The number of ether oxygens (including phenoxy) is 2. The number of hydrogen-bond acceptors (Lipinski definition) is 6. The van der Waals surface area contributed by atoms with E-state index in [1.165, 1.54) is 24.3 Å². The second kappa shape index (κ2) is 9.62. The molecule has 3 aromatic rings. The number of nitrogens with two attached hydrogens (primary N) is 1. The highest BCUT2D eigenvalue weighted by Crippen LogP contribution is 2.20. The highest BCUT2D eigenvalue weighted by atomic mass is 16.5. The molecule has 3 rings (SSSR count). The Balaban J connectivity index is 1.65. The molecule has 2 N–H and O–H groups in total. The smallest absolute Gasteiger partial charge is 0.339 e. The van der Waals surface area contributed by atoms with Gasteiger partial charge in [-0.05, 0) is 28.8 Å². The minimum atomic E-state index is -2.10. The SMILES string of the molecule is NC([C]=O)(C(=O)OCc1ccccc1)c1ccc(C(=O)OCc2ccccc2)cc1. The molecule has 0 bridgehead atoms. The van der Waals surface area contributed by atoms with Crippen molar-refractivity contribution in [1.29, 1.82) is 0 Å². The minimum absolute atomic E-state index is 0.0236. The van der Waals surface area contributed by atoms with Crippen molar-refractivity contribution in [3.8, 4) is 0 Å². The third-order valence-electron chi connectivity index (χ3n) is 4.48. The van der Waals surface area contributed by atoms with Crippen LogP contribution >= 0.6 is 0 Å². The van der Waals surface area contributed by atoms with Crippen LogP contribution in [0.15, 0.2) is 84.9 Å². The van der Waals surface area contributed by atoms with Crippen molar-refractivity contribution < 1.29 is 23.9 Å². The van der Waals surface area contributed by atoms with Crippen molar-refractivity contribution in [3.63, 3.8) is 0 Å². The van der Waals surface area contributed by atoms with Gasteiger partial charge in [0.2, 0.25) is 11.8 Å². The van der Waals surface area contributed by atoms with E-state index in [4.69, 9.17) is 15.2 Å². The van der Waals surface area contributed by atoms with Crippen molar-refractivity contribution in [2.75, 3.05) is 0 Å². The fourth-order valence-corrected chi connectivity index (χ4v) is 2.73. The Morgan fingerprint density at radius 2 is 1.27 bits per heavy atom. The third kappa shape index (κ3) is 4.98. The van der Waals surface area contributed by atoms with E-state index in [1.807, 2.05) is 36.4 Å². The highest BCUT2D eigenvalue weighted by Gasteiger charge is 2.39. The zero-order chi connectivity index (χ0) is 21.4. The van der Waals surface area contributed by atoms with Crippen molar-refractivity contribution in [1.82, 2.24) is 0 Å². The lowest BCUT2D eigenvalue weighted by molar-refractivity contribution is -0.149. The highest BCUT2D eigenvalue weighted by molar-refractivity contribution is 5.99. The van der Waals surface area contributed by atoms with Gasteiger partial charge in [0.1, 0.15) is 13.2 Å². The fraction of sp³-hybridized carbons (Fsp3) is 0.125. The van der Waals surface area contributed by atoms with E-state index in [0.717, 1.165) is 11.1 Å². The molecule has 3 aromatic carbocycles. The lowest BCUT2D eigenvalue weighted by atomic mass is 9.92. The van der Waals surface area contributed by atoms with Crippen LogP contribution in [0.2, 0.25) is 0 Å². The first kappa shape index (κ1) is 21.0. The molecule has 0 aromatic heterocycles. The van der Waals surface area contributed by atoms with E-state index in [2.05, 4.69) is 0 Å². The van der Waals surface area contributed by atoms with Gasteiger partial charge in [-0.2, -0.15) is 0 Å². The monoisotopic (exact) mass is 402 g/mol. The predicted molar refractivity (Wildman–Crippen MR) is 110 cm³/mol. The van der Waals surface area contributed by atoms with Gasteiger partial charge in [-0.15, -0.1) is 0 Å². The largest absolute Gasteiger partial charge is 0.459 e.